The van der Waals surface area contributed by atoms with Crippen molar-refractivity contribution in [1.82, 2.24) is 5.32 Å². The van der Waals surface area contributed by atoms with E-state index >= 15 is 0 Å². The number of aryl methyl sites for hydroxylation is 1. The van der Waals surface area contributed by atoms with Gasteiger partial charge in [-0.25, -0.2) is 0 Å². The van der Waals surface area contributed by atoms with Crippen LogP contribution in [0, 0.1) is 6.92 Å². The molecule has 0 aliphatic rings. The SMILES string of the molecule is CNC(C)(CO)c1cccc(C)c1. The van der Waals surface area contributed by atoms with Crippen LogP contribution >= 0.6 is 0 Å². The van der Waals surface area contributed by atoms with Crippen LogP contribution in [0.15, 0.2) is 24.3 Å². The van der Waals surface area contributed by atoms with Crippen molar-refractivity contribution in [3.05, 3.63) is 35.4 Å². The molecular formula is C11H17NO. The summed E-state index contributed by atoms with van der Waals surface area (Å²) in [5, 5.41) is 12.4. The van der Waals surface area contributed by atoms with Gasteiger partial charge in [0.15, 0.2) is 0 Å². The molecule has 1 unspecified atom stereocenters. The van der Waals surface area contributed by atoms with Gasteiger partial charge in [0.1, 0.15) is 0 Å². The Morgan fingerprint density at radius 3 is 2.62 bits per heavy atom. The van der Waals surface area contributed by atoms with Crippen LogP contribution in [-0.4, -0.2) is 18.8 Å². The molecule has 1 atom stereocenters. The van der Waals surface area contributed by atoms with E-state index in [4.69, 9.17) is 0 Å². The molecule has 2 heteroatoms. The second-order valence-corrected chi connectivity index (χ2v) is 3.61. The Bertz CT molecular complexity index is 279. The number of benzene rings is 1. The summed E-state index contributed by atoms with van der Waals surface area (Å²) in [6.07, 6.45) is 0. The second kappa shape index (κ2) is 3.90. The van der Waals surface area contributed by atoms with Gasteiger partial charge in [-0.05, 0) is 26.5 Å². The third-order valence-corrected chi connectivity index (χ3v) is 2.52. The number of aliphatic hydroxyl groups excluding tert-OH is 1. The van der Waals surface area contributed by atoms with Gasteiger partial charge >= 0.3 is 0 Å². The largest absolute Gasteiger partial charge is 0.394 e. The lowest BCUT2D eigenvalue weighted by Crippen LogP contribution is -2.40. The normalized spacial score (nSPS) is 15.4. The van der Waals surface area contributed by atoms with E-state index in [1.807, 2.05) is 26.1 Å². The topological polar surface area (TPSA) is 32.3 Å². The minimum absolute atomic E-state index is 0.104. The average Bonchev–Trinajstić information content (AvgIpc) is 2.17. The molecule has 0 amide bonds. The van der Waals surface area contributed by atoms with E-state index in [9.17, 15) is 5.11 Å². The first kappa shape index (κ1) is 10.2. The van der Waals surface area contributed by atoms with Gasteiger partial charge in [-0.2, -0.15) is 0 Å². The summed E-state index contributed by atoms with van der Waals surface area (Å²) >= 11 is 0. The molecule has 1 aromatic carbocycles. The standard InChI is InChI=1S/C11H17NO/c1-9-5-4-6-10(7-9)11(2,8-13)12-3/h4-7,12-13H,8H2,1-3H3. The summed E-state index contributed by atoms with van der Waals surface area (Å²) in [5.41, 5.74) is 2.01. The van der Waals surface area contributed by atoms with Gasteiger partial charge in [0.2, 0.25) is 0 Å². The number of aliphatic hydroxyl groups is 1. The van der Waals surface area contributed by atoms with Crippen LogP contribution < -0.4 is 5.32 Å². The van der Waals surface area contributed by atoms with E-state index in [1.54, 1.807) is 0 Å². The Balaban J connectivity index is 3.05. The van der Waals surface area contributed by atoms with Crippen molar-refractivity contribution in [2.75, 3.05) is 13.7 Å². The molecule has 0 aliphatic heterocycles. The smallest absolute Gasteiger partial charge is 0.0652 e. The zero-order chi connectivity index (χ0) is 9.90. The Hall–Kier alpha value is -0.860. The summed E-state index contributed by atoms with van der Waals surface area (Å²) < 4.78 is 0. The highest BCUT2D eigenvalue weighted by Gasteiger charge is 2.22. The molecule has 2 N–H and O–H groups in total. The zero-order valence-corrected chi connectivity index (χ0v) is 8.46. The first-order valence-electron chi connectivity index (χ1n) is 4.49. The van der Waals surface area contributed by atoms with Crippen molar-refractivity contribution in [3.63, 3.8) is 0 Å². The van der Waals surface area contributed by atoms with Gasteiger partial charge < -0.3 is 10.4 Å². The van der Waals surface area contributed by atoms with Gasteiger partial charge in [0.05, 0.1) is 12.1 Å². The van der Waals surface area contributed by atoms with Gasteiger partial charge in [-0.15, -0.1) is 0 Å². The maximum absolute atomic E-state index is 9.27. The van der Waals surface area contributed by atoms with Gasteiger partial charge in [0.25, 0.3) is 0 Å². The van der Waals surface area contributed by atoms with Crippen molar-refractivity contribution in [3.8, 4) is 0 Å². The summed E-state index contributed by atoms with van der Waals surface area (Å²) in [7, 11) is 1.86. The van der Waals surface area contributed by atoms with Crippen LogP contribution in [0.5, 0.6) is 0 Å². The highest BCUT2D eigenvalue weighted by molar-refractivity contribution is 5.28. The fourth-order valence-corrected chi connectivity index (χ4v) is 1.30. The van der Waals surface area contributed by atoms with Crippen molar-refractivity contribution >= 4 is 0 Å². The molecule has 2 nitrogen and oxygen atoms in total. The van der Waals surface area contributed by atoms with E-state index < -0.39 is 0 Å². The molecule has 72 valence electrons. The number of hydrogen-bond acceptors (Lipinski definition) is 2. The molecule has 0 spiro atoms. The van der Waals surface area contributed by atoms with E-state index in [1.165, 1.54) is 5.56 Å². The molecule has 0 radical (unpaired) electrons. The minimum Gasteiger partial charge on any atom is -0.394 e. The zero-order valence-electron chi connectivity index (χ0n) is 8.46. The summed E-state index contributed by atoms with van der Waals surface area (Å²) in [4.78, 5) is 0. The molecule has 0 aromatic heterocycles. The Morgan fingerprint density at radius 1 is 1.46 bits per heavy atom. The number of nitrogens with one attached hydrogen (secondary N) is 1. The third-order valence-electron chi connectivity index (χ3n) is 2.52. The van der Waals surface area contributed by atoms with Crippen LogP contribution in [0.3, 0.4) is 0 Å². The highest BCUT2D eigenvalue weighted by atomic mass is 16.3. The van der Waals surface area contributed by atoms with E-state index in [2.05, 4.69) is 24.4 Å². The molecule has 0 saturated carbocycles. The van der Waals surface area contributed by atoms with Crippen molar-refractivity contribution in [2.45, 2.75) is 19.4 Å². The van der Waals surface area contributed by atoms with Crippen LogP contribution in [0.2, 0.25) is 0 Å². The van der Waals surface area contributed by atoms with E-state index in [-0.39, 0.29) is 12.1 Å². The fourth-order valence-electron chi connectivity index (χ4n) is 1.30. The van der Waals surface area contributed by atoms with Gasteiger partial charge in [-0.3, -0.25) is 0 Å². The Kier molecular flexibility index (Phi) is 3.07. The first-order valence-corrected chi connectivity index (χ1v) is 4.49. The molecule has 0 saturated heterocycles. The Labute approximate surface area is 79.6 Å². The Morgan fingerprint density at radius 2 is 2.15 bits per heavy atom. The lowest BCUT2D eigenvalue weighted by atomic mass is 9.92. The fraction of sp³-hybridized carbons (Fsp3) is 0.455. The van der Waals surface area contributed by atoms with Crippen molar-refractivity contribution in [1.29, 1.82) is 0 Å². The first-order chi connectivity index (χ1) is 6.12. The molecule has 1 aromatic rings. The quantitative estimate of drug-likeness (QED) is 0.735. The highest BCUT2D eigenvalue weighted by Crippen LogP contribution is 2.20. The lowest BCUT2D eigenvalue weighted by molar-refractivity contribution is 0.183. The van der Waals surface area contributed by atoms with Gasteiger partial charge in [0, 0.05) is 0 Å². The van der Waals surface area contributed by atoms with Crippen molar-refractivity contribution < 1.29 is 5.11 Å². The van der Waals surface area contributed by atoms with Gasteiger partial charge in [-0.1, -0.05) is 29.8 Å². The summed E-state index contributed by atoms with van der Waals surface area (Å²) in [5.74, 6) is 0. The van der Waals surface area contributed by atoms with Crippen LogP contribution in [0.4, 0.5) is 0 Å². The van der Waals surface area contributed by atoms with Crippen molar-refractivity contribution in [2.24, 2.45) is 0 Å². The molecule has 0 aliphatic carbocycles. The maximum Gasteiger partial charge on any atom is 0.0652 e. The molecule has 1 rings (SSSR count). The predicted octanol–water partition coefficient (Wildman–Crippen LogP) is 1.42. The molecule has 0 bridgehead atoms. The number of rotatable bonds is 3. The van der Waals surface area contributed by atoms with Crippen LogP contribution in [0.25, 0.3) is 0 Å². The van der Waals surface area contributed by atoms with E-state index in [0.29, 0.717) is 0 Å². The maximum atomic E-state index is 9.27. The summed E-state index contributed by atoms with van der Waals surface area (Å²) in [6.45, 7) is 4.14. The van der Waals surface area contributed by atoms with Crippen LogP contribution in [0.1, 0.15) is 18.1 Å². The monoisotopic (exact) mass is 179 g/mol. The van der Waals surface area contributed by atoms with E-state index in [0.717, 1.165) is 5.56 Å². The summed E-state index contributed by atoms with van der Waals surface area (Å²) in [6, 6.07) is 8.18. The molecule has 13 heavy (non-hydrogen) atoms. The third kappa shape index (κ3) is 2.08. The number of hydrogen-bond donors (Lipinski definition) is 2. The lowest BCUT2D eigenvalue weighted by Gasteiger charge is -2.27. The molecule has 0 fully saturated rings. The predicted molar refractivity (Wildman–Crippen MR) is 54.7 cm³/mol. The molecule has 0 heterocycles. The number of likely N-dealkylation sites (N-methyl/N-ethyl adjacent to an activating group) is 1. The average molecular weight is 179 g/mol. The second-order valence-electron chi connectivity index (χ2n) is 3.61. The van der Waals surface area contributed by atoms with Crippen LogP contribution in [-0.2, 0) is 5.54 Å². The molecular weight excluding hydrogens is 162 g/mol. The minimum atomic E-state index is -0.327.